The number of rotatable bonds is 5. The summed E-state index contributed by atoms with van der Waals surface area (Å²) in [5.41, 5.74) is 3.47. The number of methoxy groups -OCH3 is 1. The molecule has 0 aliphatic heterocycles. The third-order valence-corrected chi connectivity index (χ3v) is 4.68. The zero-order valence-corrected chi connectivity index (χ0v) is 15.7. The second kappa shape index (κ2) is 7.59. The van der Waals surface area contributed by atoms with Crippen LogP contribution in [0.25, 0.3) is 28.0 Å². The number of nitrogens with zero attached hydrogens (tertiary/aromatic N) is 2. The number of carboxylic acids is 1. The number of ether oxygens (including phenoxy) is 1. The lowest BCUT2D eigenvalue weighted by Gasteiger charge is -2.12. The van der Waals surface area contributed by atoms with Crippen molar-refractivity contribution in [3.05, 3.63) is 88.8 Å². The molecule has 4 rings (SSSR count). The Morgan fingerprint density at radius 2 is 1.76 bits per heavy atom. The van der Waals surface area contributed by atoms with E-state index in [2.05, 4.69) is 0 Å². The fourth-order valence-electron chi connectivity index (χ4n) is 3.28. The highest BCUT2D eigenvalue weighted by atomic mass is 16.5. The SMILES string of the molecule is COc1ccn2c(=O)c(-c3ccc(CC(=O)O)cc3)c(-c3ccccc3)nc2c1. The Kier molecular flexibility index (Phi) is 4.83. The van der Waals surface area contributed by atoms with Gasteiger partial charge in [-0.15, -0.1) is 0 Å². The highest BCUT2D eigenvalue weighted by Gasteiger charge is 2.17. The number of fused-ring (bicyclic) bond motifs is 1. The molecule has 0 unspecified atom stereocenters. The van der Waals surface area contributed by atoms with Crippen molar-refractivity contribution >= 4 is 11.6 Å². The van der Waals surface area contributed by atoms with E-state index < -0.39 is 5.97 Å². The maximum Gasteiger partial charge on any atom is 0.307 e. The third kappa shape index (κ3) is 3.60. The van der Waals surface area contributed by atoms with E-state index in [0.29, 0.717) is 33.8 Å². The Bertz CT molecular complexity index is 1250. The molecule has 0 atom stereocenters. The number of benzene rings is 2. The van der Waals surface area contributed by atoms with Gasteiger partial charge in [0.05, 0.1) is 24.8 Å². The Balaban J connectivity index is 1.97. The van der Waals surface area contributed by atoms with Crippen molar-refractivity contribution in [2.75, 3.05) is 7.11 Å². The van der Waals surface area contributed by atoms with Crippen LogP contribution >= 0.6 is 0 Å². The van der Waals surface area contributed by atoms with E-state index in [9.17, 15) is 9.59 Å². The van der Waals surface area contributed by atoms with E-state index in [0.717, 1.165) is 5.56 Å². The largest absolute Gasteiger partial charge is 0.497 e. The van der Waals surface area contributed by atoms with E-state index in [4.69, 9.17) is 14.8 Å². The first-order valence-electron chi connectivity index (χ1n) is 9.04. The van der Waals surface area contributed by atoms with Gasteiger partial charge in [-0.1, -0.05) is 54.6 Å². The number of carboxylic acid groups (broad SMARTS) is 1. The normalized spacial score (nSPS) is 10.8. The molecule has 1 N–H and O–H groups in total. The topological polar surface area (TPSA) is 80.9 Å². The van der Waals surface area contributed by atoms with Crippen LogP contribution in [0.3, 0.4) is 0 Å². The number of carbonyl (C=O) groups is 1. The number of pyridine rings is 1. The van der Waals surface area contributed by atoms with Crippen LogP contribution in [-0.2, 0) is 11.2 Å². The van der Waals surface area contributed by atoms with E-state index in [1.807, 2.05) is 30.3 Å². The molecule has 29 heavy (non-hydrogen) atoms. The van der Waals surface area contributed by atoms with Crippen molar-refractivity contribution in [3.63, 3.8) is 0 Å². The summed E-state index contributed by atoms with van der Waals surface area (Å²) in [6.45, 7) is 0. The van der Waals surface area contributed by atoms with Crippen LogP contribution in [0, 0.1) is 0 Å². The Labute approximate surface area is 166 Å². The molecule has 2 aromatic carbocycles. The van der Waals surface area contributed by atoms with Crippen LogP contribution in [0.5, 0.6) is 5.75 Å². The van der Waals surface area contributed by atoms with Crippen LogP contribution in [0.15, 0.2) is 77.7 Å². The van der Waals surface area contributed by atoms with E-state index in [1.165, 1.54) is 4.40 Å². The molecule has 4 aromatic rings. The fraction of sp³-hybridized carbons (Fsp3) is 0.0870. The van der Waals surface area contributed by atoms with Gasteiger partial charge in [0, 0.05) is 17.8 Å². The number of hydrogen-bond donors (Lipinski definition) is 1. The summed E-state index contributed by atoms with van der Waals surface area (Å²) in [6, 6.07) is 19.9. The highest BCUT2D eigenvalue weighted by molar-refractivity contribution is 5.82. The monoisotopic (exact) mass is 386 g/mol. The van der Waals surface area contributed by atoms with Crippen LogP contribution in [-0.4, -0.2) is 27.6 Å². The predicted molar refractivity (Wildman–Crippen MR) is 110 cm³/mol. The summed E-state index contributed by atoms with van der Waals surface area (Å²) in [4.78, 5) is 29.1. The van der Waals surface area contributed by atoms with Gasteiger partial charge >= 0.3 is 5.97 Å². The van der Waals surface area contributed by atoms with Crippen LogP contribution in [0.1, 0.15) is 5.56 Å². The summed E-state index contributed by atoms with van der Waals surface area (Å²) < 4.78 is 6.75. The van der Waals surface area contributed by atoms with Gasteiger partial charge in [0.1, 0.15) is 11.4 Å². The summed E-state index contributed by atoms with van der Waals surface area (Å²) in [6.07, 6.45) is 1.57. The van der Waals surface area contributed by atoms with Gasteiger partial charge < -0.3 is 9.84 Å². The second-order valence-electron chi connectivity index (χ2n) is 6.57. The molecule has 2 heterocycles. The van der Waals surface area contributed by atoms with E-state index in [1.54, 1.807) is 49.7 Å². The number of aromatic nitrogens is 2. The zero-order chi connectivity index (χ0) is 20.4. The molecule has 2 aromatic heterocycles. The first kappa shape index (κ1) is 18.4. The second-order valence-corrected chi connectivity index (χ2v) is 6.57. The molecule has 6 nitrogen and oxygen atoms in total. The molecule has 0 radical (unpaired) electrons. The predicted octanol–water partition coefficient (Wildman–Crippen LogP) is 3.66. The summed E-state index contributed by atoms with van der Waals surface area (Å²) in [7, 11) is 1.56. The molecular formula is C23H18N2O4. The van der Waals surface area contributed by atoms with Crippen molar-refractivity contribution in [2.24, 2.45) is 0 Å². The average molecular weight is 386 g/mol. The molecule has 0 aliphatic rings. The summed E-state index contributed by atoms with van der Waals surface area (Å²) in [5.74, 6) is -0.286. The smallest absolute Gasteiger partial charge is 0.307 e. The standard InChI is InChI=1S/C23H18N2O4/c1-29-18-11-12-25-19(14-18)24-22(17-5-3-2-4-6-17)21(23(25)28)16-9-7-15(8-10-16)13-20(26)27/h2-12,14H,13H2,1H3,(H,26,27). The number of aliphatic carboxylic acids is 1. The lowest BCUT2D eigenvalue weighted by atomic mass is 9.98. The molecule has 0 saturated heterocycles. The fourth-order valence-corrected chi connectivity index (χ4v) is 3.28. The molecule has 0 spiro atoms. The van der Waals surface area contributed by atoms with Crippen molar-refractivity contribution < 1.29 is 14.6 Å². The Hall–Kier alpha value is -3.93. The number of hydrogen-bond acceptors (Lipinski definition) is 4. The molecule has 0 bridgehead atoms. The molecule has 0 saturated carbocycles. The summed E-state index contributed by atoms with van der Waals surface area (Å²) in [5, 5.41) is 8.98. The zero-order valence-electron chi connectivity index (χ0n) is 15.7. The average Bonchev–Trinajstić information content (AvgIpc) is 2.74. The van der Waals surface area contributed by atoms with Gasteiger partial charge in [0.2, 0.25) is 0 Å². The first-order valence-corrected chi connectivity index (χ1v) is 9.04. The molecule has 0 aliphatic carbocycles. The Morgan fingerprint density at radius 3 is 2.41 bits per heavy atom. The molecule has 0 amide bonds. The first-order chi connectivity index (χ1) is 14.1. The van der Waals surface area contributed by atoms with Gasteiger partial charge in [-0.05, 0) is 17.2 Å². The minimum absolute atomic E-state index is 0.0689. The van der Waals surface area contributed by atoms with E-state index >= 15 is 0 Å². The Morgan fingerprint density at radius 1 is 1.03 bits per heavy atom. The van der Waals surface area contributed by atoms with Crippen molar-refractivity contribution in [3.8, 4) is 28.1 Å². The molecule has 0 fully saturated rings. The van der Waals surface area contributed by atoms with Gasteiger partial charge in [0.15, 0.2) is 0 Å². The minimum atomic E-state index is -0.899. The maximum absolute atomic E-state index is 13.4. The lowest BCUT2D eigenvalue weighted by molar-refractivity contribution is -0.136. The van der Waals surface area contributed by atoms with Gasteiger partial charge in [-0.25, -0.2) is 4.98 Å². The molecule has 6 heteroatoms. The van der Waals surface area contributed by atoms with Gasteiger partial charge in [-0.2, -0.15) is 0 Å². The van der Waals surface area contributed by atoms with Gasteiger partial charge in [0.25, 0.3) is 5.56 Å². The molecule has 144 valence electrons. The highest BCUT2D eigenvalue weighted by Crippen LogP contribution is 2.29. The maximum atomic E-state index is 13.4. The van der Waals surface area contributed by atoms with Crippen LogP contribution in [0.4, 0.5) is 0 Å². The van der Waals surface area contributed by atoms with Gasteiger partial charge in [-0.3, -0.25) is 14.0 Å². The minimum Gasteiger partial charge on any atom is -0.497 e. The van der Waals surface area contributed by atoms with E-state index in [-0.39, 0.29) is 12.0 Å². The lowest BCUT2D eigenvalue weighted by Crippen LogP contribution is -2.18. The van der Waals surface area contributed by atoms with Crippen LogP contribution in [0.2, 0.25) is 0 Å². The quantitative estimate of drug-likeness (QED) is 0.566. The molecular weight excluding hydrogens is 368 g/mol. The summed E-state index contributed by atoms with van der Waals surface area (Å²) >= 11 is 0. The van der Waals surface area contributed by atoms with Crippen molar-refractivity contribution in [1.29, 1.82) is 0 Å². The van der Waals surface area contributed by atoms with Crippen molar-refractivity contribution in [2.45, 2.75) is 6.42 Å². The third-order valence-electron chi connectivity index (χ3n) is 4.68. The van der Waals surface area contributed by atoms with Crippen molar-refractivity contribution in [1.82, 2.24) is 9.38 Å². The van der Waals surface area contributed by atoms with Crippen LogP contribution < -0.4 is 10.3 Å².